The maximum absolute atomic E-state index is 11.9. The summed E-state index contributed by atoms with van der Waals surface area (Å²) in [5.41, 5.74) is 5.95. The molecule has 0 aliphatic heterocycles. The van der Waals surface area contributed by atoms with Crippen molar-refractivity contribution in [3.63, 3.8) is 0 Å². The number of sulfonamides is 1. The molecule has 0 bridgehead atoms. The average Bonchev–Trinajstić information content (AvgIpc) is 2.28. The van der Waals surface area contributed by atoms with Gasteiger partial charge in [-0.2, -0.15) is 0 Å². The van der Waals surface area contributed by atoms with E-state index in [0.29, 0.717) is 29.5 Å². The number of unbranched alkanes of at least 4 members (excludes halogenated alkanes) is 1. The topological polar surface area (TPSA) is 92.4 Å². The molecule has 0 unspecified atom stereocenters. The van der Waals surface area contributed by atoms with Gasteiger partial charge >= 0.3 is 0 Å². The molecule has 1 aromatic rings. The molecule has 0 atom stereocenters. The first-order valence-corrected chi connectivity index (χ1v) is 7.40. The predicted molar refractivity (Wildman–Crippen MR) is 70.1 cm³/mol. The van der Waals surface area contributed by atoms with Crippen LogP contribution in [0.3, 0.4) is 0 Å². The number of hydrogen-bond acceptors (Lipinski definition) is 4. The lowest BCUT2D eigenvalue weighted by Gasteiger charge is -2.08. The number of halogens is 1. The first-order valence-electron chi connectivity index (χ1n) is 5.13. The summed E-state index contributed by atoms with van der Waals surface area (Å²) in [7, 11) is -3.55. The molecule has 0 spiro atoms. The largest absolute Gasteiger partial charge is 0.399 e. The average molecular weight is 323 g/mol. The molecular weight excluding hydrogens is 308 g/mol. The lowest BCUT2D eigenvalue weighted by atomic mass is 10.3. The van der Waals surface area contributed by atoms with E-state index < -0.39 is 10.0 Å². The van der Waals surface area contributed by atoms with Crippen LogP contribution in [0, 0.1) is 0 Å². The third-order valence-corrected chi connectivity index (χ3v) is 4.58. The molecule has 0 radical (unpaired) electrons. The Hall–Kier alpha value is -0.630. The Bertz CT molecular complexity index is 476. The van der Waals surface area contributed by atoms with E-state index in [-0.39, 0.29) is 11.5 Å². The van der Waals surface area contributed by atoms with Gasteiger partial charge in [0.15, 0.2) is 0 Å². The lowest BCUT2D eigenvalue weighted by molar-refractivity contribution is 0.285. The summed E-state index contributed by atoms with van der Waals surface area (Å²) in [6, 6.07) is 4.62. The molecule has 0 aromatic heterocycles. The second kappa shape index (κ2) is 6.34. The molecule has 0 fully saturated rings. The van der Waals surface area contributed by atoms with Crippen molar-refractivity contribution < 1.29 is 13.5 Å². The van der Waals surface area contributed by atoms with E-state index in [1.54, 1.807) is 12.1 Å². The van der Waals surface area contributed by atoms with E-state index >= 15 is 0 Å². The third kappa shape index (κ3) is 4.27. The molecule has 5 nitrogen and oxygen atoms in total. The van der Waals surface area contributed by atoms with E-state index in [2.05, 4.69) is 20.7 Å². The van der Waals surface area contributed by atoms with Gasteiger partial charge < -0.3 is 10.8 Å². The van der Waals surface area contributed by atoms with Crippen LogP contribution in [0.1, 0.15) is 12.8 Å². The van der Waals surface area contributed by atoms with Gasteiger partial charge in [0.05, 0.1) is 4.90 Å². The summed E-state index contributed by atoms with van der Waals surface area (Å²) in [6.45, 7) is 0.355. The van der Waals surface area contributed by atoms with Crippen LogP contribution in [0.2, 0.25) is 0 Å². The zero-order valence-corrected chi connectivity index (χ0v) is 11.6. The summed E-state index contributed by atoms with van der Waals surface area (Å²) in [6.07, 6.45) is 1.16. The van der Waals surface area contributed by atoms with Gasteiger partial charge in [-0.1, -0.05) is 0 Å². The summed E-state index contributed by atoms with van der Waals surface area (Å²) in [5.74, 6) is 0. The highest BCUT2D eigenvalue weighted by atomic mass is 79.9. The minimum atomic E-state index is -3.55. The minimum Gasteiger partial charge on any atom is -0.399 e. The van der Waals surface area contributed by atoms with Gasteiger partial charge in [0.25, 0.3) is 0 Å². The molecule has 0 saturated carbocycles. The fraction of sp³-hybridized carbons (Fsp3) is 0.400. The smallest absolute Gasteiger partial charge is 0.241 e. The van der Waals surface area contributed by atoms with Crippen LogP contribution in [0.15, 0.2) is 27.6 Å². The summed E-state index contributed by atoms with van der Waals surface area (Å²) < 4.78 is 26.7. The number of hydrogen-bond donors (Lipinski definition) is 3. The van der Waals surface area contributed by atoms with Crippen LogP contribution in [0.4, 0.5) is 5.69 Å². The zero-order chi connectivity index (χ0) is 12.9. The van der Waals surface area contributed by atoms with E-state index in [1.807, 2.05) is 0 Å². The third-order valence-electron chi connectivity index (χ3n) is 2.12. The van der Waals surface area contributed by atoms with Crippen LogP contribution in [-0.2, 0) is 10.0 Å². The summed E-state index contributed by atoms with van der Waals surface area (Å²) in [4.78, 5) is 0.126. The zero-order valence-electron chi connectivity index (χ0n) is 9.19. The Balaban J connectivity index is 2.79. The number of benzene rings is 1. The number of aliphatic hydroxyl groups is 1. The van der Waals surface area contributed by atoms with Gasteiger partial charge in [0, 0.05) is 23.3 Å². The fourth-order valence-electron chi connectivity index (χ4n) is 1.25. The van der Waals surface area contributed by atoms with Crippen LogP contribution < -0.4 is 10.5 Å². The first-order chi connectivity index (χ1) is 7.97. The Morgan fingerprint density at radius 3 is 2.71 bits per heavy atom. The molecule has 96 valence electrons. The molecule has 0 aliphatic rings. The Kier molecular flexibility index (Phi) is 5.38. The summed E-state index contributed by atoms with van der Waals surface area (Å²) in [5, 5.41) is 8.59. The fourth-order valence-corrected chi connectivity index (χ4v) is 3.32. The van der Waals surface area contributed by atoms with Crippen molar-refractivity contribution in [2.45, 2.75) is 17.7 Å². The van der Waals surface area contributed by atoms with Gasteiger partial charge in [0.2, 0.25) is 10.0 Å². The van der Waals surface area contributed by atoms with Crippen molar-refractivity contribution in [2.24, 2.45) is 0 Å². The number of rotatable bonds is 6. The van der Waals surface area contributed by atoms with E-state index in [4.69, 9.17) is 10.8 Å². The van der Waals surface area contributed by atoms with Crippen LogP contribution in [0.5, 0.6) is 0 Å². The Labute approximate surface area is 109 Å². The summed E-state index contributed by atoms with van der Waals surface area (Å²) >= 11 is 3.17. The molecular formula is C10H15BrN2O3S. The predicted octanol–water partition coefficient (Wildman–Crippen LogP) is 1.08. The highest BCUT2D eigenvalue weighted by Gasteiger charge is 2.17. The monoisotopic (exact) mass is 322 g/mol. The molecule has 0 heterocycles. The van der Waals surface area contributed by atoms with Crippen molar-refractivity contribution in [1.82, 2.24) is 4.72 Å². The standard InChI is InChI=1S/C10H15BrN2O3S/c11-9-4-3-8(12)7-10(9)17(15,16)13-5-1-2-6-14/h3-4,7,13-14H,1-2,5-6,12H2. The maximum atomic E-state index is 11.9. The van der Waals surface area contributed by atoms with Gasteiger partial charge in [-0.15, -0.1) is 0 Å². The molecule has 0 aliphatic carbocycles. The van der Waals surface area contributed by atoms with Crippen molar-refractivity contribution >= 4 is 31.6 Å². The van der Waals surface area contributed by atoms with Crippen molar-refractivity contribution in [3.8, 4) is 0 Å². The van der Waals surface area contributed by atoms with Gasteiger partial charge in [-0.25, -0.2) is 13.1 Å². The van der Waals surface area contributed by atoms with Gasteiger partial charge in [-0.3, -0.25) is 0 Å². The Morgan fingerprint density at radius 1 is 1.35 bits per heavy atom. The molecule has 4 N–H and O–H groups in total. The van der Waals surface area contributed by atoms with E-state index in [1.165, 1.54) is 6.07 Å². The minimum absolute atomic E-state index is 0.0592. The second-order valence-corrected chi connectivity index (χ2v) is 6.11. The maximum Gasteiger partial charge on any atom is 0.241 e. The molecule has 0 saturated heterocycles. The quantitative estimate of drug-likeness (QED) is 0.540. The highest BCUT2D eigenvalue weighted by Crippen LogP contribution is 2.23. The molecule has 7 heteroatoms. The molecule has 1 rings (SSSR count). The molecule has 1 aromatic carbocycles. The highest BCUT2D eigenvalue weighted by molar-refractivity contribution is 9.10. The number of nitrogens with one attached hydrogen (secondary N) is 1. The van der Waals surface area contributed by atoms with Crippen molar-refractivity contribution in [2.75, 3.05) is 18.9 Å². The van der Waals surface area contributed by atoms with Crippen molar-refractivity contribution in [3.05, 3.63) is 22.7 Å². The SMILES string of the molecule is Nc1ccc(Br)c(S(=O)(=O)NCCCCO)c1. The Morgan fingerprint density at radius 2 is 2.06 bits per heavy atom. The lowest BCUT2D eigenvalue weighted by Crippen LogP contribution is -2.25. The second-order valence-electron chi connectivity index (χ2n) is 3.52. The van der Waals surface area contributed by atoms with Crippen molar-refractivity contribution in [1.29, 1.82) is 0 Å². The normalized spacial score (nSPS) is 11.6. The van der Waals surface area contributed by atoms with Crippen LogP contribution in [-0.4, -0.2) is 26.7 Å². The van der Waals surface area contributed by atoms with Crippen LogP contribution >= 0.6 is 15.9 Å². The molecule has 0 amide bonds. The molecule has 17 heavy (non-hydrogen) atoms. The number of nitrogen functional groups attached to an aromatic ring is 1. The number of aliphatic hydroxyl groups excluding tert-OH is 1. The van der Waals surface area contributed by atoms with Gasteiger partial charge in [-0.05, 0) is 47.0 Å². The van der Waals surface area contributed by atoms with E-state index in [0.717, 1.165) is 0 Å². The number of nitrogens with two attached hydrogens (primary N) is 1. The van der Waals surface area contributed by atoms with Crippen LogP contribution in [0.25, 0.3) is 0 Å². The number of anilines is 1. The van der Waals surface area contributed by atoms with Gasteiger partial charge in [0.1, 0.15) is 0 Å². The first kappa shape index (κ1) is 14.4. The van der Waals surface area contributed by atoms with E-state index in [9.17, 15) is 8.42 Å².